The lowest BCUT2D eigenvalue weighted by atomic mass is 10.2. The third kappa shape index (κ3) is 5.04. The summed E-state index contributed by atoms with van der Waals surface area (Å²) in [5, 5.41) is 4.86. The first kappa shape index (κ1) is 19.8. The van der Waals surface area contributed by atoms with E-state index >= 15 is 0 Å². The highest BCUT2D eigenvalue weighted by Crippen LogP contribution is 2.36. The molecule has 2 N–H and O–H groups in total. The van der Waals surface area contributed by atoms with Crippen molar-refractivity contribution in [3.63, 3.8) is 0 Å². The van der Waals surface area contributed by atoms with E-state index < -0.39 is 23.7 Å². The molecule has 28 heavy (non-hydrogen) atoms. The van der Waals surface area contributed by atoms with Gasteiger partial charge in [-0.25, -0.2) is 0 Å². The summed E-state index contributed by atoms with van der Waals surface area (Å²) < 4.78 is 10.2. The fraction of sp³-hybridized carbons (Fsp3) is 0.250. The van der Waals surface area contributed by atoms with Gasteiger partial charge in [-0.05, 0) is 18.2 Å². The molecule has 2 aromatic rings. The predicted octanol–water partition coefficient (Wildman–Crippen LogP) is 2.36. The lowest BCUT2D eigenvalue weighted by molar-refractivity contribution is -0.149. The molecular weight excluding hydrogens is 380 g/mol. The number of hydrogen-bond acceptors (Lipinski definition) is 6. The fourth-order valence-corrected chi connectivity index (χ4v) is 3.77. The molecule has 3 rings (SSSR count). The minimum atomic E-state index is -0.598. The van der Waals surface area contributed by atoms with Crippen molar-refractivity contribution in [2.24, 2.45) is 0 Å². The van der Waals surface area contributed by atoms with Gasteiger partial charge in [-0.1, -0.05) is 30.3 Å². The van der Waals surface area contributed by atoms with Crippen LogP contribution in [0.4, 0.5) is 5.69 Å². The number of benzene rings is 2. The quantitative estimate of drug-likeness (QED) is 0.693. The van der Waals surface area contributed by atoms with Crippen LogP contribution < -0.4 is 15.4 Å². The summed E-state index contributed by atoms with van der Waals surface area (Å²) in [6, 6.07) is 14.7. The van der Waals surface area contributed by atoms with Gasteiger partial charge in [-0.3, -0.25) is 14.4 Å². The van der Waals surface area contributed by atoms with Gasteiger partial charge in [0.05, 0.1) is 24.5 Å². The highest BCUT2D eigenvalue weighted by Gasteiger charge is 2.29. The highest BCUT2D eigenvalue weighted by molar-refractivity contribution is 8.01. The molecule has 2 aromatic carbocycles. The number of rotatable bonds is 7. The van der Waals surface area contributed by atoms with Crippen LogP contribution in [0.15, 0.2) is 53.4 Å². The monoisotopic (exact) mass is 400 g/mol. The van der Waals surface area contributed by atoms with Crippen LogP contribution in [-0.4, -0.2) is 36.8 Å². The number of hydrogen-bond donors (Lipinski definition) is 2. The maximum atomic E-state index is 12.1. The topological polar surface area (TPSA) is 93.7 Å². The Bertz CT molecular complexity index is 886. The van der Waals surface area contributed by atoms with E-state index in [2.05, 4.69) is 10.6 Å². The molecule has 0 radical (unpaired) electrons. The average Bonchev–Trinajstić information content (AvgIpc) is 2.71. The standard InChI is InChI=1S/C20H20N2O5S/c1-26-15-8-4-2-6-13(15)11-21-18(23)12-27-19(24)10-17-20(25)22-14-7-3-5-9-16(14)28-17/h2-9,17H,10-12H2,1H3,(H,21,23)(H,22,25)/t17-/m1/s1. The van der Waals surface area contributed by atoms with Crippen LogP contribution in [0.1, 0.15) is 12.0 Å². The van der Waals surface area contributed by atoms with Crippen LogP contribution in [0.3, 0.4) is 0 Å². The average molecular weight is 400 g/mol. The van der Waals surface area contributed by atoms with Crippen LogP contribution in [0.25, 0.3) is 0 Å². The van der Waals surface area contributed by atoms with Gasteiger partial charge in [0, 0.05) is 17.0 Å². The van der Waals surface area contributed by atoms with Gasteiger partial charge in [0.1, 0.15) is 5.75 Å². The Morgan fingerprint density at radius 3 is 2.71 bits per heavy atom. The number of esters is 1. The predicted molar refractivity (Wildman–Crippen MR) is 105 cm³/mol. The molecule has 1 atom stereocenters. The molecular formula is C20H20N2O5S. The third-order valence-corrected chi connectivity index (χ3v) is 5.37. The van der Waals surface area contributed by atoms with Crippen molar-refractivity contribution in [1.29, 1.82) is 0 Å². The zero-order valence-corrected chi connectivity index (χ0v) is 16.1. The number of para-hydroxylation sites is 2. The summed E-state index contributed by atoms with van der Waals surface area (Å²) in [5.74, 6) is -0.605. The van der Waals surface area contributed by atoms with Crippen LogP contribution in [0.5, 0.6) is 5.75 Å². The minimum absolute atomic E-state index is 0.107. The summed E-state index contributed by atoms with van der Waals surface area (Å²) in [6.45, 7) is -0.137. The van der Waals surface area contributed by atoms with Gasteiger partial charge in [-0.2, -0.15) is 0 Å². The zero-order valence-electron chi connectivity index (χ0n) is 15.3. The Balaban J connectivity index is 1.44. The highest BCUT2D eigenvalue weighted by atomic mass is 32.2. The normalized spacial score (nSPS) is 15.2. The molecule has 0 aromatic heterocycles. The van der Waals surface area contributed by atoms with Gasteiger partial charge in [-0.15, -0.1) is 11.8 Å². The maximum absolute atomic E-state index is 12.1. The zero-order chi connectivity index (χ0) is 19.9. The Morgan fingerprint density at radius 2 is 1.89 bits per heavy atom. The number of thioether (sulfide) groups is 1. The van der Waals surface area contributed by atoms with Crippen molar-refractivity contribution < 1.29 is 23.9 Å². The second-order valence-corrected chi connectivity index (χ2v) is 7.29. The maximum Gasteiger partial charge on any atom is 0.307 e. The second-order valence-electron chi connectivity index (χ2n) is 6.05. The summed E-state index contributed by atoms with van der Waals surface area (Å²) in [4.78, 5) is 37.0. The first-order valence-electron chi connectivity index (χ1n) is 8.67. The van der Waals surface area contributed by atoms with Crippen molar-refractivity contribution >= 4 is 35.2 Å². The van der Waals surface area contributed by atoms with Crippen molar-refractivity contribution in [2.75, 3.05) is 19.0 Å². The van der Waals surface area contributed by atoms with Crippen LogP contribution in [0.2, 0.25) is 0 Å². The SMILES string of the molecule is COc1ccccc1CNC(=O)COC(=O)C[C@H]1Sc2ccccc2NC1=O. The van der Waals surface area contributed by atoms with Crippen molar-refractivity contribution in [2.45, 2.75) is 23.1 Å². The molecule has 0 saturated heterocycles. The number of ether oxygens (including phenoxy) is 2. The van der Waals surface area contributed by atoms with Crippen LogP contribution in [0, 0.1) is 0 Å². The lowest BCUT2D eigenvalue weighted by Gasteiger charge is -2.23. The molecule has 7 nitrogen and oxygen atoms in total. The number of carbonyl (C=O) groups is 3. The Morgan fingerprint density at radius 1 is 1.14 bits per heavy atom. The molecule has 0 aliphatic carbocycles. The molecule has 1 aliphatic heterocycles. The van der Waals surface area contributed by atoms with Gasteiger partial charge in [0.2, 0.25) is 5.91 Å². The molecule has 8 heteroatoms. The molecule has 0 bridgehead atoms. The summed E-state index contributed by atoms with van der Waals surface area (Å²) >= 11 is 1.31. The summed E-state index contributed by atoms with van der Waals surface area (Å²) in [6.07, 6.45) is -0.107. The first-order valence-corrected chi connectivity index (χ1v) is 9.55. The van der Waals surface area contributed by atoms with Crippen LogP contribution >= 0.6 is 11.8 Å². The molecule has 1 heterocycles. The van der Waals surface area contributed by atoms with Crippen molar-refractivity contribution in [3.8, 4) is 5.75 Å². The third-order valence-electron chi connectivity index (χ3n) is 4.09. The molecule has 1 aliphatic rings. The number of methoxy groups -OCH3 is 1. The number of carbonyl (C=O) groups excluding carboxylic acids is 3. The van der Waals surface area contributed by atoms with E-state index in [4.69, 9.17) is 9.47 Å². The van der Waals surface area contributed by atoms with Gasteiger partial charge >= 0.3 is 5.97 Å². The number of anilines is 1. The Kier molecular flexibility index (Phi) is 6.54. The Hall–Kier alpha value is -3.00. The molecule has 0 spiro atoms. The van der Waals surface area contributed by atoms with Crippen molar-refractivity contribution in [3.05, 3.63) is 54.1 Å². The van der Waals surface area contributed by atoms with E-state index in [1.165, 1.54) is 11.8 Å². The number of fused-ring (bicyclic) bond motifs is 1. The van der Waals surface area contributed by atoms with Gasteiger partial charge < -0.3 is 20.1 Å². The van der Waals surface area contributed by atoms with E-state index in [1.807, 2.05) is 36.4 Å². The summed E-state index contributed by atoms with van der Waals surface area (Å²) in [5.41, 5.74) is 1.55. The van der Waals surface area contributed by atoms with E-state index in [0.717, 1.165) is 16.1 Å². The van der Waals surface area contributed by atoms with E-state index in [1.54, 1.807) is 19.2 Å². The van der Waals surface area contributed by atoms with E-state index in [-0.39, 0.29) is 18.9 Å². The van der Waals surface area contributed by atoms with E-state index in [9.17, 15) is 14.4 Å². The number of nitrogens with one attached hydrogen (secondary N) is 2. The smallest absolute Gasteiger partial charge is 0.307 e. The van der Waals surface area contributed by atoms with Crippen LogP contribution in [-0.2, 0) is 25.7 Å². The fourth-order valence-electron chi connectivity index (χ4n) is 2.68. The number of amides is 2. The van der Waals surface area contributed by atoms with Crippen molar-refractivity contribution in [1.82, 2.24) is 5.32 Å². The Labute approximate surface area is 166 Å². The lowest BCUT2D eigenvalue weighted by Crippen LogP contribution is -2.33. The molecule has 2 amide bonds. The molecule has 146 valence electrons. The summed E-state index contributed by atoms with van der Waals surface area (Å²) in [7, 11) is 1.56. The molecule has 0 fully saturated rings. The first-order chi connectivity index (χ1) is 13.6. The molecule has 0 unspecified atom stereocenters. The van der Waals surface area contributed by atoms with Gasteiger partial charge in [0.15, 0.2) is 6.61 Å². The minimum Gasteiger partial charge on any atom is -0.496 e. The second kappa shape index (κ2) is 9.27. The van der Waals surface area contributed by atoms with Gasteiger partial charge in [0.25, 0.3) is 5.91 Å². The molecule has 0 saturated carbocycles. The largest absolute Gasteiger partial charge is 0.496 e. The van der Waals surface area contributed by atoms with E-state index in [0.29, 0.717) is 5.75 Å².